The first kappa shape index (κ1) is 81.8. The summed E-state index contributed by atoms with van der Waals surface area (Å²) >= 11 is 1.47. The highest BCUT2D eigenvalue weighted by atomic mass is 32.1. The average Bonchev–Trinajstić information content (AvgIpc) is 1.61. The normalized spacial score (nSPS) is 20.2. The molecular weight excluding hydrogens is 1370 g/mol. The number of likely N-dealkylation sites (tertiary alicyclic amines) is 1. The average molecular weight is 1470 g/mol. The molecule has 6 amide bonds. The number of hydrogen-bond acceptors (Lipinski definition) is 20. The number of carbonyl (C=O) groups excluding carboxylic acids is 9. The number of thiazole rings is 1. The maximum absolute atomic E-state index is 15.2. The Morgan fingerprint density at radius 3 is 2.03 bits per heavy atom. The molecule has 2 aliphatic heterocycles. The van der Waals surface area contributed by atoms with E-state index < -0.39 is 115 Å². The maximum atomic E-state index is 15.2. The minimum Gasteiger partial charge on any atom is -0.467 e. The van der Waals surface area contributed by atoms with Crippen molar-refractivity contribution in [1.82, 2.24) is 30.7 Å². The second-order valence-corrected chi connectivity index (χ2v) is 29.6. The number of aliphatic hydroxyl groups is 1. The number of benzene rings is 4. The van der Waals surface area contributed by atoms with Crippen LogP contribution in [0, 0.1) is 23.7 Å². The lowest BCUT2D eigenvalue weighted by Crippen LogP contribution is -2.63. The second kappa shape index (κ2) is 37.4. The zero-order valence-electron chi connectivity index (χ0n) is 62.9. The van der Waals surface area contributed by atoms with Crippen molar-refractivity contribution in [2.24, 2.45) is 23.7 Å². The number of nitrogens with one attached hydrogen (secondary N) is 4. The standard InChI is InChI=1S/C78H104N8O18S/c1-16-46(6)65(61(97-13)41-63(90)85-37-24-31-59(85)68(98-14)47(7)72(92)82-58(74-79-36-38-105-74)39-50-25-18-17-19-26-50)84(10)75(94)64(44(2)3)83-73(93)66(45(4)5)86(11,12)42-51-32-33-60(103-77-67(91)69(101-48(8)87)70(102-49(9)88)71(104-77)76(95)99-15)57(40-51)81-62(89)34-35-80-78(96)100-43-56-54-29-22-20-27-52(54)53-28-21-23-30-55(53)56/h17-23,25-30,32-33,36,38,40,44-47,56,58-59,61,64-71,77,91H,16,24,31,34-35,37,39,41-43H2,1-15H3,(H3-,80,81,82,83,89,92,93,96)/p+1/t46-,47+,58-,59-,61+,64-,65-,66-,67+,68+,69+,70-,71-,77+/m0/s1. The number of amides is 6. The summed E-state index contributed by atoms with van der Waals surface area (Å²) in [6, 6.07) is 27.2. The zero-order chi connectivity index (χ0) is 76.6. The Morgan fingerprint density at radius 2 is 1.44 bits per heavy atom. The van der Waals surface area contributed by atoms with Gasteiger partial charge >= 0.3 is 24.0 Å². The second-order valence-electron chi connectivity index (χ2n) is 28.7. The van der Waals surface area contributed by atoms with E-state index in [-0.39, 0.29) is 90.0 Å². The van der Waals surface area contributed by atoms with E-state index in [0.29, 0.717) is 37.8 Å². The highest BCUT2D eigenvalue weighted by Gasteiger charge is 2.54. The van der Waals surface area contributed by atoms with Gasteiger partial charge in [0.1, 0.15) is 30.0 Å². The number of fused-ring (bicyclic) bond motifs is 3. The molecule has 2 saturated heterocycles. The topological polar surface area (TPSA) is 315 Å². The van der Waals surface area contributed by atoms with Crippen molar-refractivity contribution in [3.05, 3.63) is 136 Å². The van der Waals surface area contributed by atoms with Crippen LogP contribution in [0.15, 0.2) is 109 Å². The number of rotatable bonds is 34. The maximum Gasteiger partial charge on any atom is 0.407 e. The number of alkyl carbamates (subject to hydrolysis) is 1. The predicted octanol–water partition coefficient (Wildman–Crippen LogP) is 8.27. The van der Waals surface area contributed by atoms with Gasteiger partial charge in [-0.2, -0.15) is 0 Å². The van der Waals surface area contributed by atoms with Crippen LogP contribution in [0.5, 0.6) is 5.75 Å². The minimum absolute atomic E-state index is 0.00150. The molecule has 26 nitrogen and oxygen atoms in total. The number of esters is 3. The Morgan fingerprint density at radius 1 is 0.790 bits per heavy atom. The van der Waals surface area contributed by atoms with E-state index >= 15 is 9.59 Å². The van der Waals surface area contributed by atoms with Crippen LogP contribution in [0.3, 0.4) is 0 Å². The van der Waals surface area contributed by atoms with E-state index in [4.69, 9.17) is 37.9 Å². The summed E-state index contributed by atoms with van der Waals surface area (Å²) in [6.07, 6.45) is -7.24. The molecule has 0 radical (unpaired) electrons. The fourth-order valence-electron chi connectivity index (χ4n) is 15.1. The van der Waals surface area contributed by atoms with Gasteiger partial charge in [0.15, 0.2) is 30.5 Å². The van der Waals surface area contributed by atoms with Crippen LogP contribution in [0.2, 0.25) is 0 Å². The number of aromatic nitrogens is 1. The summed E-state index contributed by atoms with van der Waals surface area (Å²) in [5, 5.41) is 26.3. The smallest absolute Gasteiger partial charge is 0.407 e. The molecule has 0 unspecified atom stereocenters. The molecule has 0 bridgehead atoms. The molecule has 14 atom stereocenters. The monoisotopic (exact) mass is 1470 g/mol. The van der Waals surface area contributed by atoms with Crippen molar-refractivity contribution in [1.29, 1.82) is 0 Å². The summed E-state index contributed by atoms with van der Waals surface area (Å²) in [4.78, 5) is 133. The van der Waals surface area contributed by atoms with Gasteiger partial charge in [-0.3, -0.25) is 33.6 Å². The van der Waals surface area contributed by atoms with Gasteiger partial charge in [-0.25, -0.2) is 14.6 Å². The molecule has 4 aromatic carbocycles. The first-order valence-corrected chi connectivity index (χ1v) is 36.8. The minimum atomic E-state index is -1.90. The van der Waals surface area contributed by atoms with Crippen LogP contribution >= 0.6 is 11.3 Å². The number of methoxy groups -OCH3 is 3. The molecular formula is C78H105N8O18S+. The van der Waals surface area contributed by atoms with Gasteiger partial charge in [0.25, 0.3) is 5.91 Å². The third kappa shape index (κ3) is 20.4. The van der Waals surface area contributed by atoms with Gasteiger partial charge in [0.05, 0.1) is 69.6 Å². The molecule has 1 aliphatic carbocycles. The van der Waals surface area contributed by atoms with E-state index in [9.17, 15) is 38.7 Å². The number of carbonyl (C=O) groups is 9. The van der Waals surface area contributed by atoms with Gasteiger partial charge in [-0.05, 0) is 77.1 Å². The number of ether oxygens (including phenoxy) is 8. The zero-order valence-corrected chi connectivity index (χ0v) is 63.7. The molecule has 570 valence electrons. The van der Waals surface area contributed by atoms with E-state index in [0.717, 1.165) is 53.8 Å². The predicted molar refractivity (Wildman–Crippen MR) is 392 cm³/mol. The Kier molecular flexibility index (Phi) is 29.1. The van der Waals surface area contributed by atoms with Crippen molar-refractivity contribution in [3.63, 3.8) is 0 Å². The lowest BCUT2D eigenvalue weighted by atomic mass is 9.89. The highest BCUT2D eigenvalue weighted by Crippen LogP contribution is 2.45. The van der Waals surface area contributed by atoms with Crippen molar-refractivity contribution in [2.45, 2.75) is 186 Å². The van der Waals surface area contributed by atoms with Crippen molar-refractivity contribution >= 4 is 70.6 Å². The van der Waals surface area contributed by atoms with Crippen LogP contribution < -0.4 is 26.0 Å². The van der Waals surface area contributed by atoms with Gasteiger partial charge in [-0.1, -0.05) is 134 Å². The third-order valence-electron chi connectivity index (χ3n) is 20.2. The third-order valence-corrected chi connectivity index (χ3v) is 21.1. The molecule has 8 rings (SSSR count). The Balaban J connectivity index is 0.975. The first-order valence-electron chi connectivity index (χ1n) is 35.9. The SMILES string of the molecule is CC[C@H](C)[C@@H]([C@@H](CC(=O)N1CCC[C@H]1[C@H](OC)[C@@H](C)C(=O)N[C@@H](Cc1ccccc1)c1nccs1)OC)N(C)C(=O)[C@@H](NC(=O)[C@H](C(C)C)[N+](C)(C)Cc1ccc(O[C@@H]2O[C@H](C(=O)OC)[C@@H](OC(C)=O)[C@H](OC(C)=O)[C@H]2O)c(NC(=O)CCNC(=O)OCC2c3ccccc3-c3ccccc32)c1)C(C)C. The largest absolute Gasteiger partial charge is 0.467 e. The lowest BCUT2D eigenvalue weighted by Gasteiger charge is -2.42. The van der Waals surface area contributed by atoms with Crippen LogP contribution in [-0.2, 0) is 84.5 Å². The number of nitrogens with zero attached hydrogens (tertiary/aromatic N) is 4. The fourth-order valence-corrected chi connectivity index (χ4v) is 15.7. The molecule has 27 heteroatoms. The Labute approximate surface area is 619 Å². The molecule has 0 saturated carbocycles. The summed E-state index contributed by atoms with van der Waals surface area (Å²) in [5.41, 5.74) is 5.80. The molecule has 1 aromatic heterocycles. The van der Waals surface area contributed by atoms with E-state index in [1.807, 2.05) is 147 Å². The van der Waals surface area contributed by atoms with E-state index in [1.165, 1.54) is 24.5 Å². The van der Waals surface area contributed by atoms with Gasteiger partial charge in [0, 0.05) is 83.6 Å². The van der Waals surface area contributed by atoms with Gasteiger partial charge < -0.3 is 78.6 Å². The van der Waals surface area contributed by atoms with E-state index in [1.54, 1.807) is 42.3 Å². The Hall–Kier alpha value is -8.86. The summed E-state index contributed by atoms with van der Waals surface area (Å²) in [5.74, 6) is -6.59. The molecule has 5 N–H and O–H groups in total. The van der Waals surface area contributed by atoms with Gasteiger partial charge in [0.2, 0.25) is 29.9 Å². The Bertz CT molecular complexity index is 3760. The molecule has 5 aromatic rings. The number of likely N-dealkylation sites (N-methyl/N-ethyl adjacent to an activating group) is 2. The van der Waals surface area contributed by atoms with Gasteiger partial charge in [-0.15, -0.1) is 11.3 Å². The molecule has 3 aliphatic rings. The highest BCUT2D eigenvalue weighted by molar-refractivity contribution is 7.09. The van der Waals surface area contributed by atoms with Crippen molar-refractivity contribution in [2.75, 3.05) is 67.5 Å². The quantitative estimate of drug-likeness (QED) is 0.0147. The summed E-state index contributed by atoms with van der Waals surface area (Å²) in [7, 11) is 9.53. The number of anilines is 1. The molecule has 3 heterocycles. The number of quaternary nitrogens is 1. The lowest BCUT2D eigenvalue weighted by molar-refractivity contribution is -0.922. The number of hydrogen-bond donors (Lipinski definition) is 5. The summed E-state index contributed by atoms with van der Waals surface area (Å²) in [6.45, 7) is 15.9. The van der Waals surface area contributed by atoms with Crippen LogP contribution in [0.4, 0.5) is 10.5 Å². The van der Waals surface area contributed by atoms with Crippen molar-refractivity contribution in [3.8, 4) is 16.9 Å². The fraction of sp³-hybridized carbons (Fsp3) is 0.538. The summed E-state index contributed by atoms with van der Waals surface area (Å²) < 4.78 is 46.0. The van der Waals surface area contributed by atoms with E-state index in [2.05, 4.69) is 26.3 Å². The molecule has 2 fully saturated rings. The van der Waals surface area contributed by atoms with Crippen LogP contribution in [0.1, 0.15) is 134 Å². The first-order chi connectivity index (χ1) is 50.0. The van der Waals surface area contributed by atoms with Crippen LogP contribution in [0.25, 0.3) is 11.1 Å². The molecule has 0 spiro atoms. The number of aliphatic hydroxyl groups excluding tert-OH is 1. The molecule has 105 heavy (non-hydrogen) atoms. The van der Waals surface area contributed by atoms with Crippen molar-refractivity contribution < 1.29 is 90.6 Å². The van der Waals surface area contributed by atoms with Crippen LogP contribution in [-0.4, -0.2) is 207 Å².